The van der Waals surface area contributed by atoms with Gasteiger partial charge in [0.2, 0.25) is 5.91 Å². The predicted molar refractivity (Wildman–Crippen MR) is 135 cm³/mol. The van der Waals surface area contributed by atoms with Crippen LogP contribution in [0.2, 0.25) is 0 Å². The maximum atomic E-state index is 12.6. The number of aromatic nitrogens is 2. The van der Waals surface area contributed by atoms with Crippen LogP contribution in [0.3, 0.4) is 0 Å². The van der Waals surface area contributed by atoms with Crippen LogP contribution in [-0.4, -0.2) is 34.9 Å². The zero-order valence-electron chi connectivity index (χ0n) is 20.7. The largest absolute Gasteiger partial charge is 0.496 e. The first-order valence-electron chi connectivity index (χ1n) is 11.4. The van der Waals surface area contributed by atoms with E-state index in [9.17, 15) is 9.59 Å². The number of esters is 1. The number of aryl methyl sites for hydroxylation is 2. The fourth-order valence-electron chi connectivity index (χ4n) is 3.33. The molecule has 0 fully saturated rings. The molecule has 184 valence electrons. The Morgan fingerprint density at radius 2 is 1.91 bits per heavy atom. The second-order valence-electron chi connectivity index (χ2n) is 8.15. The zero-order chi connectivity index (χ0) is 25.4. The summed E-state index contributed by atoms with van der Waals surface area (Å²) in [6.45, 7) is 8.25. The number of methoxy groups -OCH3 is 1. The minimum atomic E-state index is -0.583. The number of para-hydroxylation sites is 1. The van der Waals surface area contributed by atoms with Crippen molar-refractivity contribution in [1.29, 1.82) is 0 Å². The van der Waals surface area contributed by atoms with E-state index in [1.165, 1.54) is 6.08 Å². The first-order chi connectivity index (χ1) is 16.8. The molecule has 0 unspecified atom stereocenters. The van der Waals surface area contributed by atoms with Crippen molar-refractivity contribution in [3.63, 3.8) is 0 Å². The third-order valence-electron chi connectivity index (χ3n) is 5.09. The summed E-state index contributed by atoms with van der Waals surface area (Å²) in [5.74, 6) is 0.516. The lowest BCUT2D eigenvalue weighted by molar-refractivity contribution is -0.111. The molecule has 1 aromatic heterocycles. The molecule has 0 spiro atoms. The molecule has 0 saturated carbocycles. The van der Waals surface area contributed by atoms with E-state index in [1.807, 2.05) is 56.3 Å². The van der Waals surface area contributed by atoms with Crippen LogP contribution in [0.5, 0.6) is 11.5 Å². The van der Waals surface area contributed by atoms with Crippen molar-refractivity contribution in [2.45, 2.75) is 47.0 Å². The van der Waals surface area contributed by atoms with Gasteiger partial charge in [0.1, 0.15) is 18.1 Å². The molecule has 2 aromatic carbocycles. The molecule has 35 heavy (non-hydrogen) atoms. The smallest absolute Gasteiger partial charge is 0.361 e. The van der Waals surface area contributed by atoms with Crippen LogP contribution in [0.4, 0.5) is 5.69 Å². The summed E-state index contributed by atoms with van der Waals surface area (Å²) in [5, 5.41) is 6.93. The lowest BCUT2D eigenvalue weighted by Gasteiger charge is -2.12. The van der Waals surface area contributed by atoms with E-state index < -0.39 is 11.9 Å². The van der Waals surface area contributed by atoms with Crippen LogP contribution < -0.4 is 14.8 Å². The number of hydrogen-bond donors (Lipinski definition) is 1. The number of ether oxygens (including phenoxy) is 3. The van der Waals surface area contributed by atoms with Gasteiger partial charge < -0.3 is 19.5 Å². The van der Waals surface area contributed by atoms with Crippen molar-refractivity contribution in [3.8, 4) is 11.5 Å². The average Bonchev–Trinajstić information content (AvgIpc) is 3.25. The molecular weight excluding hydrogens is 446 g/mol. The lowest BCUT2D eigenvalue weighted by Crippen LogP contribution is -2.16. The molecule has 1 heterocycles. The van der Waals surface area contributed by atoms with Crippen molar-refractivity contribution in [1.82, 2.24) is 9.78 Å². The summed E-state index contributed by atoms with van der Waals surface area (Å²) in [6.07, 6.45) is 4.39. The van der Waals surface area contributed by atoms with Crippen molar-refractivity contribution in [2.24, 2.45) is 0 Å². The van der Waals surface area contributed by atoms with Crippen molar-refractivity contribution >= 4 is 23.6 Å². The Labute approximate surface area is 205 Å². The summed E-state index contributed by atoms with van der Waals surface area (Å²) in [5.41, 5.74) is 3.06. The summed E-state index contributed by atoms with van der Waals surface area (Å²) in [4.78, 5) is 25.0. The second kappa shape index (κ2) is 11.9. The fraction of sp³-hybridized carbons (Fsp3) is 0.296. The Balaban J connectivity index is 1.72. The summed E-state index contributed by atoms with van der Waals surface area (Å²) < 4.78 is 18.2. The molecule has 3 aromatic rings. The second-order valence-corrected chi connectivity index (χ2v) is 8.15. The summed E-state index contributed by atoms with van der Waals surface area (Å²) in [6, 6.07) is 13.4. The molecule has 1 amide bonds. The highest BCUT2D eigenvalue weighted by Gasteiger charge is 2.20. The molecular formula is C27H31N3O5. The molecule has 0 atom stereocenters. The van der Waals surface area contributed by atoms with Gasteiger partial charge >= 0.3 is 5.97 Å². The van der Waals surface area contributed by atoms with Crippen LogP contribution in [0.1, 0.15) is 48.0 Å². The third kappa shape index (κ3) is 6.96. The maximum absolute atomic E-state index is 12.6. The van der Waals surface area contributed by atoms with Gasteiger partial charge in [0.25, 0.3) is 0 Å². The molecule has 0 aliphatic heterocycles. The standard InChI is InChI=1S/C27H31N3O5/c1-6-30-16-22(26(29-30)27(32)35-18(2)3)28-25(31)14-12-20-11-13-24(33-5)21(15-20)17-34-23-10-8-7-9-19(23)4/h7-16,18H,6,17H2,1-5H3,(H,28,31)/b14-12+. The van der Waals surface area contributed by atoms with Gasteiger partial charge in [0.05, 0.1) is 18.9 Å². The number of anilines is 1. The Hall–Kier alpha value is -4.07. The zero-order valence-corrected chi connectivity index (χ0v) is 20.7. The van der Waals surface area contributed by atoms with Crippen molar-refractivity contribution < 1.29 is 23.8 Å². The predicted octanol–water partition coefficient (Wildman–Crippen LogP) is 5.02. The number of rotatable bonds is 10. The van der Waals surface area contributed by atoms with Gasteiger partial charge in [-0.15, -0.1) is 0 Å². The minimum absolute atomic E-state index is 0.0717. The van der Waals surface area contributed by atoms with Crippen LogP contribution in [0.25, 0.3) is 6.08 Å². The molecule has 0 bridgehead atoms. The Bertz CT molecular complexity index is 1210. The molecule has 8 heteroatoms. The highest BCUT2D eigenvalue weighted by atomic mass is 16.5. The Morgan fingerprint density at radius 3 is 2.60 bits per heavy atom. The maximum Gasteiger partial charge on any atom is 0.361 e. The van der Waals surface area contributed by atoms with E-state index in [2.05, 4.69) is 10.4 Å². The highest BCUT2D eigenvalue weighted by Crippen LogP contribution is 2.24. The topological polar surface area (TPSA) is 91.7 Å². The van der Waals surface area contributed by atoms with Crippen LogP contribution in [0.15, 0.2) is 54.7 Å². The highest BCUT2D eigenvalue weighted by molar-refractivity contribution is 6.05. The van der Waals surface area contributed by atoms with Crippen molar-refractivity contribution in [3.05, 3.63) is 77.1 Å². The SMILES string of the molecule is CCn1cc(NC(=O)/C=C/c2ccc(OC)c(COc3ccccc3C)c2)c(C(=O)OC(C)C)n1. The molecule has 8 nitrogen and oxygen atoms in total. The van der Waals surface area contributed by atoms with Gasteiger partial charge in [-0.2, -0.15) is 5.10 Å². The van der Waals surface area contributed by atoms with Gasteiger partial charge in [-0.25, -0.2) is 4.79 Å². The van der Waals surface area contributed by atoms with E-state index >= 15 is 0 Å². The molecule has 0 aliphatic carbocycles. The first kappa shape index (κ1) is 25.6. The number of carbonyl (C=O) groups excluding carboxylic acids is 2. The number of amides is 1. The molecule has 3 rings (SSSR count). The first-order valence-corrected chi connectivity index (χ1v) is 11.4. The van der Waals surface area contributed by atoms with E-state index in [0.717, 1.165) is 22.4 Å². The van der Waals surface area contributed by atoms with Gasteiger partial charge in [0, 0.05) is 24.4 Å². The van der Waals surface area contributed by atoms with Gasteiger partial charge in [-0.1, -0.05) is 24.3 Å². The summed E-state index contributed by atoms with van der Waals surface area (Å²) in [7, 11) is 1.61. The number of carbonyl (C=O) groups is 2. The summed E-state index contributed by atoms with van der Waals surface area (Å²) >= 11 is 0. The number of benzene rings is 2. The van der Waals surface area contributed by atoms with E-state index in [-0.39, 0.29) is 11.8 Å². The van der Waals surface area contributed by atoms with Gasteiger partial charge in [0.15, 0.2) is 5.69 Å². The van der Waals surface area contributed by atoms with Crippen LogP contribution >= 0.6 is 0 Å². The van der Waals surface area contributed by atoms with E-state index in [0.29, 0.717) is 24.6 Å². The van der Waals surface area contributed by atoms with Crippen LogP contribution in [0, 0.1) is 6.92 Å². The molecule has 0 radical (unpaired) electrons. The fourth-order valence-corrected chi connectivity index (χ4v) is 3.33. The molecule has 0 aliphatic rings. The minimum Gasteiger partial charge on any atom is -0.496 e. The van der Waals surface area contributed by atoms with Crippen LogP contribution in [-0.2, 0) is 22.7 Å². The number of hydrogen-bond acceptors (Lipinski definition) is 6. The Kier molecular flexibility index (Phi) is 8.67. The van der Waals surface area contributed by atoms with Gasteiger partial charge in [-0.05, 0) is 63.1 Å². The lowest BCUT2D eigenvalue weighted by atomic mass is 10.1. The van der Waals surface area contributed by atoms with E-state index in [4.69, 9.17) is 14.2 Å². The molecule has 1 N–H and O–H groups in total. The van der Waals surface area contributed by atoms with E-state index in [1.54, 1.807) is 37.9 Å². The quantitative estimate of drug-likeness (QED) is 0.326. The van der Waals surface area contributed by atoms with Crippen molar-refractivity contribution in [2.75, 3.05) is 12.4 Å². The Morgan fingerprint density at radius 1 is 1.14 bits per heavy atom. The number of nitrogens with zero attached hydrogens (tertiary/aromatic N) is 2. The normalized spacial score (nSPS) is 11.0. The number of nitrogens with one attached hydrogen (secondary N) is 1. The average molecular weight is 478 g/mol. The third-order valence-corrected chi connectivity index (χ3v) is 5.09. The monoisotopic (exact) mass is 477 g/mol. The van der Waals surface area contributed by atoms with Gasteiger partial charge in [-0.3, -0.25) is 9.48 Å². The molecule has 0 saturated heterocycles.